The number of anilines is 1. The molecule has 0 aromatic heterocycles. The molecule has 72 valence electrons. The number of rotatable bonds is 2. The van der Waals surface area contributed by atoms with Crippen LogP contribution in [0, 0.1) is 12.7 Å². The number of nitrogens with one attached hydrogen (secondary N) is 1. The first-order valence-corrected chi connectivity index (χ1v) is 4.60. The molecule has 1 N–H and O–H groups in total. The first kappa shape index (κ1) is 10.3. The first-order valence-electron chi connectivity index (χ1n) is 4.23. The number of benzene rings is 1. The van der Waals surface area contributed by atoms with E-state index in [4.69, 9.17) is 11.6 Å². The molecule has 0 unspecified atom stereocenters. The van der Waals surface area contributed by atoms with Gasteiger partial charge in [0.15, 0.2) is 0 Å². The largest absolute Gasteiger partial charge is 0.382 e. The van der Waals surface area contributed by atoms with Crippen LogP contribution in [0.15, 0.2) is 12.1 Å². The summed E-state index contributed by atoms with van der Waals surface area (Å²) in [5.41, 5.74) is 1.39. The van der Waals surface area contributed by atoms with E-state index in [1.54, 1.807) is 13.0 Å². The number of halogens is 2. The summed E-state index contributed by atoms with van der Waals surface area (Å²) in [5.74, 6) is -0.265. The lowest BCUT2D eigenvalue weighted by atomic mass is 10.2. The summed E-state index contributed by atoms with van der Waals surface area (Å²) in [5, 5.41) is 3.57. The van der Waals surface area contributed by atoms with Crippen molar-refractivity contribution in [2.75, 3.05) is 5.32 Å². The highest BCUT2D eigenvalue weighted by atomic mass is 35.5. The molecule has 0 spiro atoms. The van der Waals surface area contributed by atoms with Gasteiger partial charge in [-0.2, -0.15) is 0 Å². The van der Waals surface area contributed by atoms with Crippen molar-refractivity contribution < 1.29 is 4.39 Å². The lowest BCUT2D eigenvalue weighted by Gasteiger charge is -2.12. The van der Waals surface area contributed by atoms with Crippen molar-refractivity contribution in [2.24, 2.45) is 0 Å². The van der Waals surface area contributed by atoms with E-state index in [-0.39, 0.29) is 5.82 Å². The van der Waals surface area contributed by atoms with Gasteiger partial charge in [-0.25, -0.2) is 4.39 Å². The maximum absolute atomic E-state index is 13.0. The van der Waals surface area contributed by atoms with Crippen LogP contribution in [0.1, 0.15) is 19.4 Å². The molecule has 13 heavy (non-hydrogen) atoms. The first-order chi connectivity index (χ1) is 6.00. The molecule has 3 heteroatoms. The second kappa shape index (κ2) is 3.97. The second-order valence-electron chi connectivity index (χ2n) is 3.38. The third-order valence-electron chi connectivity index (χ3n) is 1.69. The van der Waals surface area contributed by atoms with Gasteiger partial charge in [-0.05, 0) is 38.5 Å². The average molecular weight is 202 g/mol. The fraction of sp³-hybridized carbons (Fsp3) is 0.400. The van der Waals surface area contributed by atoms with Crippen LogP contribution < -0.4 is 5.32 Å². The van der Waals surface area contributed by atoms with Crippen LogP contribution in [0.2, 0.25) is 5.02 Å². The van der Waals surface area contributed by atoms with Crippen molar-refractivity contribution >= 4 is 17.3 Å². The summed E-state index contributed by atoms with van der Waals surface area (Å²) >= 11 is 5.84. The Labute approximate surface area is 82.9 Å². The molecule has 0 aliphatic heterocycles. The number of hydrogen-bond donors (Lipinski definition) is 1. The van der Waals surface area contributed by atoms with Crippen molar-refractivity contribution in [3.05, 3.63) is 28.5 Å². The van der Waals surface area contributed by atoms with Crippen LogP contribution in [0.4, 0.5) is 10.1 Å². The summed E-state index contributed by atoms with van der Waals surface area (Å²) in [6, 6.07) is 3.35. The predicted molar refractivity (Wildman–Crippen MR) is 54.9 cm³/mol. The van der Waals surface area contributed by atoms with Gasteiger partial charge in [-0.3, -0.25) is 0 Å². The second-order valence-corrected chi connectivity index (χ2v) is 3.79. The van der Waals surface area contributed by atoms with E-state index in [2.05, 4.69) is 5.32 Å². The van der Waals surface area contributed by atoms with Crippen molar-refractivity contribution in [3.8, 4) is 0 Å². The minimum atomic E-state index is -0.265. The summed E-state index contributed by atoms with van der Waals surface area (Å²) < 4.78 is 13.0. The van der Waals surface area contributed by atoms with E-state index in [9.17, 15) is 4.39 Å². The Morgan fingerprint density at radius 3 is 2.54 bits per heavy atom. The molecule has 0 atom stereocenters. The van der Waals surface area contributed by atoms with Gasteiger partial charge in [0.1, 0.15) is 5.82 Å². The van der Waals surface area contributed by atoms with Crippen LogP contribution in [0.3, 0.4) is 0 Å². The molecule has 1 aromatic carbocycles. The summed E-state index contributed by atoms with van der Waals surface area (Å²) in [7, 11) is 0. The molecular formula is C10H13ClFN. The molecule has 0 saturated carbocycles. The molecule has 1 aromatic rings. The van der Waals surface area contributed by atoms with Gasteiger partial charge < -0.3 is 5.32 Å². The van der Waals surface area contributed by atoms with Crippen molar-refractivity contribution in [1.82, 2.24) is 0 Å². The molecule has 0 fully saturated rings. The quantitative estimate of drug-likeness (QED) is 0.771. The molecule has 0 aliphatic carbocycles. The Bertz CT molecular complexity index is 310. The van der Waals surface area contributed by atoms with E-state index >= 15 is 0 Å². The summed E-state index contributed by atoms with van der Waals surface area (Å²) in [4.78, 5) is 0. The Hall–Kier alpha value is -0.760. The standard InChI is InChI=1S/C10H13ClFN/c1-6(2)13-10-4-7(3)9(12)5-8(10)11/h4-6,13H,1-3H3. The topological polar surface area (TPSA) is 12.0 Å². The molecule has 0 amide bonds. The normalized spacial score (nSPS) is 10.6. The highest BCUT2D eigenvalue weighted by Gasteiger charge is 2.05. The van der Waals surface area contributed by atoms with Gasteiger partial charge in [0.05, 0.1) is 10.7 Å². The van der Waals surface area contributed by atoms with E-state index < -0.39 is 0 Å². The maximum Gasteiger partial charge on any atom is 0.127 e. The predicted octanol–water partition coefficient (Wildman–Crippen LogP) is 3.61. The molecule has 1 nitrogen and oxygen atoms in total. The molecule has 0 heterocycles. The Balaban J connectivity index is 3.01. The van der Waals surface area contributed by atoms with Crippen molar-refractivity contribution in [3.63, 3.8) is 0 Å². The molecular weight excluding hydrogens is 189 g/mol. The van der Waals surface area contributed by atoms with E-state index in [0.717, 1.165) is 5.69 Å². The third-order valence-corrected chi connectivity index (χ3v) is 2.01. The van der Waals surface area contributed by atoms with Crippen molar-refractivity contribution in [1.29, 1.82) is 0 Å². The van der Waals surface area contributed by atoms with E-state index in [1.165, 1.54) is 6.07 Å². The SMILES string of the molecule is Cc1cc(NC(C)C)c(Cl)cc1F. The molecule has 0 aliphatic rings. The highest BCUT2D eigenvalue weighted by molar-refractivity contribution is 6.33. The monoisotopic (exact) mass is 201 g/mol. The zero-order valence-corrected chi connectivity index (χ0v) is 8.74. The fourth-order valence-electron chi connectivity index (χ4n) is 1.08. The van der Waals surface area contributed by atoms with Crippen molar-refractivity contribution in [2.45, 2.75) is 26.8 Å². The summed E-state index contributed by atoms with van der Waals surface area (Å²) in [6.45, 7) is 5.74. The maximum atomic E-state index is 13.0. The van der Waals surface area contributed by atoms with Gasteiger partial charge in [0.25, 0.3) is 0 Å². The Morgan fingerprint density at radius 1 is 1.38 bits per heavy atom. The highest BCUT2D eigenvalue weighted by Crippen LogP contribution is 2.25. The van der Waals surface area contributed by atoms with Gasteiger partial charge in [0, 0.05) is 6.04 Å². The van der Waals surface area contributed by atoms with E-state index in [1.807, 2.05) is 13.8 Å². The zero-order valence-electron chi connectivity index (χ0n) is 7.99. The van der Waals surface area contributed by atoms with Gasteiger partial charge >= 0.3 is 0 Å². The average Bonchev–Trinajstić information content (AvgIpc) is 1.99. The van der Waals surface area contributed by atoms with Crippen LogP contribution in [0.25, 0.3) is 0 Å². The summed E-state index contributed by atoms with van der Waals surface area (Å²) in [6.07, 6.45) is 0. The minimum Gasteiger partial charge on any atom is -0.382 e. The smallest absolute Gasteiger partial charge is 0.127 e. The lowest BCUT2D eigenvalue weighted by Crippen LogP contribution is -2.10. The Morgan fingerprint density at radius 2 is 2.00 bits per heavy atom. The lowest BCUT2D eigenvalue weighted by molar-refractivity contribution is 0.618. The van der Waals surface area contributed by atoms with Crippen LogP contribution in [0.5, 0.6) is 0 Å². The third kappa shape index (κ3) is 2.59. The zero-order chi connectivity index (χ0) is 10.0. The van der Waals surface area contributed by atoms with Gasteiger partial charge in [-0.15, -0.1) is 0 Å². The van der Waals surface area contributed by atoms with Crippen LogP contribution in [-0.4, -0.2) is 6.04 Å². The fourth-order valence-corrected chi connectivity index (χ4v) is 1.28. The van der Waals surface area contributed by atoms with Crippen LogP contribution in [-0.2, 0) is 0 Å². The Kier molecular flexibility index (Phi) is 3.15. The molecule has 0 bridgehead atoms. The number of hydrogen-bond acceptors (Lipinski definition) is 1. The van der Waals surface area contributed by atoms with E-state index in [0.29, 0.717) is 16.6 Å². The van der Waals surface area contributed by atoms with Crippen LogP contribution >= 0.6 is 11.6 Å². The van der Waals surface area contributed by atoms with Gasteiger partial charge in [0.2, 0.25) is 0 Å². The minimum absolute atomic E-state index is 0.265. The molecule has 0 radical (unpaired) electrons. The molecule has 0 saturated heterocycles. The van der Waals surface area contributed by atoms with Gasteiger partial charge in [-0.1, -0.05) is 11.6 Å². The number of aryl methyl sites for hydroxylation is 1. The molecule has 1 rings (SSSR count).